The predicted octanol–water partition coefficient (Wildman–Crippen LogP) is 2.45. The predicted molar refractivity (Wildman–Crippen MR) is 93.0 cm³/mol. The van der Waals surface area contributed by atoms with Crippen molar-refractivity contribution in [3.63, 3.8) is 0 Å². The van der Waals surface area contributed by atoms with E-state index in [1.807, 2.05) is 43.3 Å². The lowest BCUT2D eigenvalue weighted by Gasteiger charge is -2.22. The summed E-state index contributed by atoms with van der Waals surface area (Å²) in [4.78, 5) is 29.5. The molecule has 0 spiro atoms. The molecule has 2 amide bonds. The molecule has 0 fully saturated rings. The van der Waals surface area contributed by atoms with Crippen LogP contribution in [-0.2, 0) is 22.7 Å². The van der Waals surface area contributed by atoms with Crippen LogP contribution in [0.2, 0.25) is 0 Å². The minimum atomic E-state index is -0.0668. The van der Waals surface area contributed by atoms with E-state index in [2.05, 4.69) is 10.3 Å². The number of aromatic nitrogens is 1. The van der Waals surface area contributed by atoms with Crippen molar-refractivity contribution in [1.82, 2.24) is 15.2 Å². The van der Waals surface area contributed by atoms with E-state index in [1.54, 1.807) is 17.3 Å². The average molecular weight is 325 g/mol. The zero-order valence-corrected chi connectivity index (χ0v) is 14.2. The molecule has 0 radical (unpaired) electrons. The Balaban J connectivity index is 1.84. The number of hydrogen-bond donors (Lipinski definition) is 1. The van der Waals surface area contributed by atoms with Gasteiger partial charge in [0.1, 0.15) is 0 Å². The van der Waals surface area contributed by atoms with Crippen LogP contribution in [0, 0.1) is 6.92 Å². The fraction of sp³-hybridized carbons (Fsp3) is 0.316. The fourth-order valence-electron chi connectivity index (χ4n) is 2.37. The molecule has 1 aromatic heterocycles. The van der Waals surface area contributed by atoms with Gasteiger partial charge in [-0.15, -0.1) is 0 Å². The van der Waals surface area contributed by atoms with Gasteiger partial charge >= 0.3 is 0 Å². The van der Waals surface area contributed by atoms with E-state index in [9.17, 15) is 9.59 Å². The number of nitrogens with zero attached hydrogens (tertiary/aromatic N) is 2. The number of pyridine rings is 1. The van der Waals surface area contributed by atoms with Crippen molar-refractivity contribution < 1.29 is 9.59 Å². The van der Waals surface area contributed by atoms with Gasteiger partial charge in [-0.3, -0.25) is 14.6 Å². The molecule has 2 rings (SSSR count). The van der Waals surface area contributed by atoms with Crippen LogP contribution in [0.4, 0.5) is 0 Å². The van der Waals surface area contributed by atoms with Crippen molar-refractivity contribution in [2.75, 3.05) is 6.54 Å². The Hall–Kier alpha value is -2.69. The minimum Gasteiger partial charge on any atom is -0.352 e. The topological polar surface area (TPSA) is 62.3 Å². The molecule has 2 aromatic rings. The normalized spacial score (nSPS) is 10.2. The Morgan fingerprint density at radius 1 is 1.12 bits per heavy atom. The molecule has 0 aliphatic rings. The van der Waals surface area contributed by atoms with Gasteiger partial charge < -0.3 is 10.2 Å². The SMILES string of the molecule is CC(=O)N(CCC(=O)NCc1ccncc1)Cc1ccccc1C. The highest BCUT2D eigenvalue weighted by molar-refractivity contribution is 5.78. The molecule has 0 unspecified atom stereocenters. The second-order valence-corrected chi connectivity index (χ2v) is 5.75. The first-order valence-electron chi connectivity index (χ1n) is 8.02. The van der Waals surface area contributed by atoms with Crippen molar-refractivity contribution in [3.8, 4) is 0 Å². The molecule has 0 aliphatic carbocycles. The number of aryl methyl sites for hydroxylation is 1. The summed E-state index contributed by atoms with van der Waals surface area (Å²) in [5.41, 5.74) is 3.25. The van der Waals surface area contributed by atoms with Crippen molar-refractivity contribution in [2.45, 2.75) is 33.4 Å². The molecule has 1 N–H and O–H groups in total. The van der Waals surface area contributed by atoms with Gasteiger partial charge in [-0.05, 0) is 35.7 Å². The third-order valence-electron chi connectivity index (χ3n) is 3.92. The second-order valence-electron chi connectivity index (χ2n) is 5.75. The van der Waals surface area contributed by atoms with E-state index in [0.29, 0.717) is 19.6 Å². The van der Waals surface area contributed by atoms with Crippen molar-refractivity contribution in [3.05, 3.63) is 65.5 Å². The van der Waals surface area contributed by atoms with E-state index in [4.69, 9.17) is 0 Å². The van der Waals surface area contributed by atoms with E-state index in [-0.39, 0.29) is 18.2 Å². The Bertz CT molecular complexity index is 686. The van der Waals surface area contributed by atoms with Gasteiger partial charge in [0.2, 0.25) is 11.8 Å². The number of rotatable bonds is 7. The number of hydrogen-bond acceptors (Lipinski definition) is 3. The maximum atomic E-state index is 12.0. The maximum absolute atomic E-state index is 12.0. The molecule has 0 bridgehead atoms. The van der Waals surface area contributed by atoms with E-state index >= 15 is 0 Å². The third kappa shape index (κ3) is 5.50. The van der Waals surface area contributed by atoms with Crippen LogP contribution in [0.5, 0.6) is 0 Å². The van der Waals surface area contributed by atoms with Gasteiger partial charge in [0.15, 0.2) is 0 Å². The number of carbonyl (C=O) groups is 2. The van der Waals surface area contributed by atoms with Gasteiger partial charge in [-0.25, -0.2) is 0 Å². The fourth-order valence-corrected chi connectivity index (χ4v) is 2.37. The molecular weight excluding hydrogens is 302 g/mol. The van der Waals surface area contributed by atoms with E-state index in [1.165, 1.54) is 6.92 Å². The highest BCUT2D eigenvalue weighted by Gasteiger charge is 2.12. The standard InChI is InChI=1S/C19H23N3O2/c1-15-5-3-4-6-18(15)14-22(16(2)23)12-9-19(24)21-13-17-7-10-20-11-8-17/h3-8,10-11H,9,12-14H2,1-2H3,(H,21,24). The summed E-state index contributed by atoms with van der Waals surface area (Å²) in [5.74, 6) is -0.0944. The van der Waals surface area contributed by atoms with Gasteiger partial charge in [0.05, 0.1) is 0 Å². The first-order chi connectivity index (χ1) is 11.6. The molecule has 0 saturated heterocycles. The Morgan fingerprint density at radius 2 is 1.83 bits per heavy atom. The van der Waals surface area contributed by atoms with Crippen molar-refractivity contribution >= 4 is 11.8 Å². The van der Waals surface area contributed by atoms with Crippen molar-refractivity contribution in [2.24, 2.45) is 0 Å². The van der Waals surface area contributed by atoms with Gasteiger partial charge in [-0.1, -0.05) is 24.3 Å². The molecular formula is C19H23N3O2. The smallest absolute Gasteiger partial charge is 0.222 e. The van der Waals surface area contributed by atoms with E-state index < -0.39 is 0 Å². The summed E-state index contributed by atoms with van der Waals surface area (Å²) < 4.78 is 0. The van der Waals surface area contributed by atoms with Gasteiger partial charge in [-0.2, -0.15) is 0 Å². The van der Waals surface area contributed by atoms with Crippen LogP contribution in [0.25, 0.3) is 0 Å². The lowest BCUT2D eigenvalue weighted by Crippen LogP contribution is -2.33. The van der Waals surface area contributed by atoms with Crippen LogP contribution in [0.3, 0.4) is 0 Å². The summed E-state index contributed by atoms with van der Waals surface area (Å²) in [6.07, 6.45) is 3.68. The quantitative estimate of drug-likeness (QED) is 0.850. The Labute approximate surface area is 142 Å². The maximum Gasteiger partial charge on any atom is 0.222 e. The van der Waals surface area contributed by atoms with Gasteiger partial charge in [0, 0.05) is 45.4 Å². The molecule has 0 aliphatic heterocycles. The van der Waals surface area contributed by atoms with Crippen LogP contribution < -0.4 is 5.32 Å². The molecule has 5 nitrogen and oxygen atoms in total. The monoisotopic (exact) mass is 325 g/mol. The highest BCUT2D eigenvalue weighted by Crippen LogP contribution is 2.11. The van der Waals surface area contributed by atoms with Crippen LogP contribution in [0.15, 0.2) is 48.8 Å². The number of carbonyl (C=O) groups excluding carboxylic acids is 2. The molecule has 24 heavy (non-hydrogen) atoms. The first-order valence-corrected chi connectivity index (χ1v) is 8.02. The number of amides is 2. The summed E-state index contributed by atoms with van der Waals surface area (Å²) in [7, 11) is 0. The molecule has 0 saturated carbocycles. The number of nitrogens with one attached hydrogen (secondary N) is 1. The Morgan fingerprint density at radius 3 is 2.50 bits per heavy atom. The summed E-state index contributed by atoms with van der Waals surface area (Å²) in [6.45, 7) is 4.97. The van der Waals surface area contributed by atoms with Crippen LogP contribution in [-0.4, -0.2) is 28.2 Å². The van der Waals surface area contributed by atoms with Gasteiger partial charge in [0.25, 0.3) is 0 Å². The largest absolute Gasteiger partial charge is 0.352 e. The minimum absolute atomic E-state index is 0.0276. The van der Waals surface area contributed by atoms with Crippen LogP contribution in [0.1, 0.15) is 30.0 Å². The molecule has 0 atom stereocenters. The summed E-state index contributed by atoms with van der Waals surface area (Å²) in [5, 5.41) is 2.86. The zero-order chi connectivity index (χ0) is 17.4. The number of benzene rings is 1. The molecule has 126 valence electrons. The summed E-state index contributed by atoms with van der Waals surface area (Å²) >= 11 is 0. The molecule has 1 aromatic carbocycles. The van der Waals surface area contributed by atoms with Crippen molar-refractivity contribution in [1.29, 1.82) is 0 Å². The van der Waals surface area contributed by atoms with Crippen LogP contribution >= 0.6 is 0 Å². The lowest BCUT2D eigenvalue weighted by molar-refractivity contribution is -0.130. The molecule has 5 heteroatoms. The lowest BCUT2D eigenvalue weighted by atomic mass is 10.1. The third-order valence-corrected chi connectivity index (χ3v) is 3.92. The molecule has 1 heterocycles. The summed E-state index contributed by atoms with van der Waals surface area (Å²) in [6, 6.07) is 11.7. The second kappa shape index (κ2) is 8.82. The highest BCUT2D eigenvalue weighted by atomic mass is 16.2. The zero-order valence-electron chi connectivity index (χ0n) is 14.2. The van der Waals surface area contributed by atoms with E-state index in [0.717, 1.165) is 16.7 Å². The first kappa shape index (κ1) is 17.7. The average Bonchev–Trinajstić information content (AvgIpc) is 2.59. The Kier molecular flexibility index (Phi) is 6.49.